The molecule has 0 amide bonds. The second-order valence-electron chi connectivity index (χ2n) is 2.86. The second-order valence-corrected chi connectivity index (χ2v) is 2.86. The van der Waals surface area contributed by atoms with Crippen molar-refractivity contribution in [3.63, 3.8) is 0 Å². The van der Waals surface area contributed by atoms with Crippen LogP contribution in [0, 0.1) is 12.3 Å². The highest BCUT2D eigenvalue weighted by atomic mass is 16.3. The van der Waals surface area contributed by atoms with Crippen molar-refractivity contribution in [1.29, 1.82) is 0 Å². The average molecular weight is 150 g/mol. The van der Waals surface area contributed by atoms with Crippen LogP contribution in [-0.2, 0) is 0 Å². The van der Waals surface area contributed by atoms with E-state index in [2.05, 4.69) is 5.92 Å². The molecule has 0 saturated carbocycles. The lowest BCUT2D eigenvalue weighted by Gasteiger charge is -2.23. The van der Waals surface area contributed by atoms with Gasteiger partial charge < -0.3 is 10.2 Å². The van der Waals surface area contributed by atoms with Gasteiger partial charge in [-0.15, -0.1) is 6.42 Å². The molecule has 1 rings (SSSR count). The number of hydrogen-bond acceptors (Lipinski definition) is 2. The Bertz CT molecular complexity index is 237. The lowest BCUT2D eigenvalue weighted by molar-refractivity contribution is 0.143. The molecule has 0 atom stereocenters. The van der Waals surface area contributed by atoms with Crippen LogP contribution in [0.25, 0.3) is 0 Å². The van der Waals surface area contributed by atoms with E-state index in [1.54, 1.807) is 6.92 Å². The zero-order chi connectivity index (χ0) is 8.54. The van der Waals surface area contributed by atoms with E-state index >= 15 is 0 Å². The molecule has 1 aliphatic carbocycles. The van der Waals surface area contributed by atoms with Crippen molar-refractivity contribution < 1.29 is 10.2 Å². The SMILES string of the molecule is C#CC1(O)C=CC(C)(O)C=C1. The van der Waals surface area contributed by atoms with E-state index in [0.717, 1.165) is 0 Å². The van der Waals surface area contributed by atoms with Crippen molar-refractivity contribution in [2.75, 3.05) is 0 Å². The first kappa shape index (κ1) is 8.06. The second kappa shape index (κ2) is 2.23. The molecule has 0 aliphatic heterocycles. The minimum absolute atomic E-state index is 0.983. The molecular formula is C9H10O2. The third-order valence-corrected chi connectivity index (χ3v) is 1.58. The van der Waals surface area contributed by atoms with Crippen LogP contribution >= 0.6 is 0 Å². The van der Waals surface area contributed by atoms with E-state index in [4.69, 9.17) is 6.42 Å². The monoisotopic (exact) mass is 150 g/mol. The van der Waals surface area contributed by atoms with Gasteiger partial charge in [-0.25, -0.2) is 0 Å². The Morgan fingerprint density at radius 2 is 1.64 bits per heavy atom. The zero-order valence-corrected chi connectivity index (χ0v) is 6.28. The molecule has 2 heteroatoms. The number of hydrogen-bond donors (Lipinski definition) is 2. The van der Waals surface area contributed by atoms with E-state index in [9.17, 15) is 10.2 Å². The molecule has 0 heterocycles. The molecule has 0 aromatic rings. The molecule has 2 N–H and O–H groups in total. The minimum atomic E-state index is -1.32. The number of terminal acetylenes is 1. The van der Waals surface area contributed by atoms with Gasteiger partial charge in [0.15, 0.2) is 5.60 Å². The third kappa shape index (κ3) is 1.70. The van der Waals surface area contributed by atoms with Crippen LogP contribution in [0.3, 0.4) is 0 Å². The Hall–Kier alpha value is -1.04. The van der Waals surface area contributed by atoms with Gasteiger partial charge in [0.1, 0.15) is 0 Å². The molecule has 0 fully saturated rings. The Balaban J connectivity index is 2.90. The lowest BCUT2D eigenvalue weighted by Crippen LogP contribution is -2.29. The van der Waals surface area contributed by atoms with Gasteiger partial charge in [-0.2, -0.15) is 0 Å². The van der Waals surface area contributed by atoms with Crippen LogP contribution in [0.1, 0.15) is 6.92 Å². The lowest BCUT2D eigenvalue weighted by atomic mass is 9.91. The van der Waals surface area contributed by atoms with Gasteiger partial charge >= 0.3 is 0 Å². The van der Waals surface area contributed by atoms with Gasteiger partial charge in [0.2, 0.25) is 0 Å². The molecule has 2 nitrogen and oxygen atoms in total. The molecule has 1 aliphatic rings. The molecule has 58 valence electrons. The quantitative estimate of drug-likeness (QED) is 0.383. The molecule has 0 saturated heterocycles. The van der Waals surface area contributed by atoms with E-state index in [-0.39, 0.29) is 0 Å². The summed E-state index contributed by atoms with van der Waals surface area (Å²) in [5.41, 5.74) is -2.30. The zero-order valence-electron chi connectivity index (χ0n) is 6.28. The Morgan fingerprint density at radius 1 is 1.18 bits per heavy atom. The fourth-order valence-corrected chi connectivity index (χ4v) is 0.799. The minimum Gasteiger partial charge on any atom is -0.382 e. The van der Waals surface area contributed by atoms with Crippen molar-refractivity contribution in [3.05, 3.63) is 24.3 Å². The van der Waals surface area contributed by atoms with Crippen molar-refractivity contribution in [2.45, 2.75) is 18.1 Å². The summed E-state index contributed by atoms with van der Waals surface area (Å²) in [5, 5.41) is 18.7. The predicted molar refractivity (Wildman–Crippen MR) is 42.7 cm³/mol. The van der Waals surface area contributed by atoms with Crippen LogP contribution in [0.4, 0.5) is 0 Å². The summed E-state index contributed by atoms with van der Waals surface area (Å²) in [6.07, 6.45) is 10.8. The summed E-state index contributed by atoms with van der Waals surface area (Å²) in [6.45, 7) is 1.61. The van der Waals surface area contributed by atoms with Crippen LogP contribution in [0.15, 0.2) is 24.3 Å². The fraction of sp³-hybridized carbons (Fsp3) is 0.333. The van der Waals surface area contributed by atoms with Crippen molar-refractivity contribution in [2.24, 2.45) is 0 Å². The van der Waals surface area contributed by atoms with Crippen LogP contribution < -0.4 is 0 Å². The molecule has 0 bridgehead atoms. The van der Waals surface area contributed by atoms with Gasteiger partial charge in [-0.05, 0) is 31.2 Å². The van der Waals surface area contributed by atoms with Gasteiger partial charge in [0.25, 0.3) is 0 Å². The molecule has 0 aromatic heterocycles. The topological polar surface area (TPSA) is 40.5 Å². The maximum Gasteiger partial charge on any atom is 0.162 e. The molecule has 0 unspecified atom stereocenters. The first-order valence-corrected chi connectivity index (χ1v) is 3.31. The van der Waals surface area contributed by atoms with Crippen LogP contribution in [0.5, 0.6) is 0 Å². The van der Waals surface area contributed by atoms with Gasteiger partial charge in [-0.3, -0.25) is 0 Å². The van der Waals surface area contributed by atoms with Gasteiger partial charge in [0.05, 0.1) is 5.60 Å². The molecule has 11 heavy (non-hydrogen) atoms. The Morgan fingerprint density at radius 3 is 2.00 bits per heavy atom. The maximum atomic E-state index is 9.39. The summed E-state index contributed by atoms with van der Waals surface area (Å²) in [5.74, 6) is 2.19. The molecule has 0 aromatic carbocycles. The summed E-state index contributed by atoms with van der Waals surface area (Å²) >= 11 is 0. The van der Waals surface area contributed by atoms with Crippen LogP contribution in [0.2, 0.25) is 0 Å². The first-order chi connectivity index (χ1) is 4.97. The highest BCUT2D eigenvalue weighted by Crippen LogP contribution is 2.20. The van der Waals surface area contributed by atoms with E-state index in [1.807, 2.05) is 0 Å². The normalized spacial score (nSPS) is 42.0. The highest BCUT2D eigenvalue weighted by Gasteiger charge is 2.24. The summed E-state index contributed by atoms with van der Waals surface area (Å²) in [4.78, 5) is 0. The first-order valence-electron chi connectivity index (χ1n) is 3.31. The fourth-order valence-electron chi connectivity index (χ4n) is 0.799. The van der Waals surface area contributed by atoms with E-state index in [0.29, 0.717) is 0 Å². The van der Waals surface area contributed by atoms with Crippen molar-refractivity contribution in [1.82, 2.24) is 0 Å². The standard InChI is InChI=1S/C9H10O2/c1-3-9(11)6-4-8(2,10)5-7-9/h1,4-7,10-11H,2H3. The molecule has 0 radical (unpaired) electrons. The predicted octanol–water partition coefficient (Wildman–Crippen LogP) is 0.228. The van der Waals surface area contributed by atoms with E-state index < -0.39 is 11.2 Å². The summed E-state index contributed by atoms with van der Waals surface area (Å²) in [6, 6.07) is 0. The largest absolute Gasteiger partial charge is 0.382 e. The van der Waals surface area contributed by atoms with Gasteiger partial charge in [0, 0.05) is 0 Å². The average Bonchev–Trinajstić information content (AvgIpc) is 1.97. The summed E-state index contributed by atoms with van der Waals surface area (Å²) < 4.78 is 0. The van der Waals surface area contributed by atoms with Gasteiger partial charge in [-0.1, -0.05) is 5.92 Å². The molecular weight excluding hydrogens is 140 g/mol. The number of aliphatic hydroxyl groups is 2. The Kier molecular flexibility index (Phi) is 1.63. The van der Waals surface area contributed by atoms with Crippen LogP contribution in [-0.4, -0.2) is 21.4 Å². The smallest absolute Gasteiger partial charge is 0.162 e. The Labute approximate surface area is 65.9 Å². The maximum absolute atomic E-state index is 9.39. The van der Waals surface area contributed by atoms with Crippen molar-refractivity contribution in [3.8, 4) is 12.3 Å². The number of rotatable bonds is 0. The van der Waals surface area contributed by atoms with Crippen molar-refractivity contribution >= 4 is 0 Å². The molecule has 0 spiro atoms. The third-order valence-electron chi connectivity index (χ3n) is 1.58. The van der Waals surface area contributed by atoms with E-state index in [1.165, 1.54) is 24.3 Å². The highest BCUT2D eigenvalue weighted by molar-refractivity contribution is 5.36. The summed E-state index contributed by atoms with van der Waals surface area (Å²) in [7, 11) is 0.